The molecule has 0 saturated heterocycles. The van der Waals surface area contributed by atoms with Crippen LogP contribution in [0.4, 0.5) is 5.69 Å². The van der Waals surface area contributed by atoms with E-state index < -0.39 is 0 Å². The molecule has 0 aliphatic heterocycles. The number of nitrogens with one attached hydrogen (secondary N) is 1. The van der Waals surface area contributed by atoms with Crippen LogP contribution in [0.15, 0.2) is 84.0 Å². The fourth-order valence-corrected chi connectivity index (χ4v) is 3.26. The van der Waals surface area contributed by atoms with Gasteiger partial charge in [-0.3, -0.25) is 0 Å². The highest BCUT2D eigenvalue weighted by Gasteiger charge is 2.16. The van der Waals surface area contributed by atoms with E-state index in [1.54, 1.807) is 7.11 Å². The number of halogens is 1. The topological polar surface area (TPSA) is 36.9 Å². The van der Waals surface area contributed by atoms with Crippen molar-refractivity contribution in [3.8, 4) is 0 Å². The molecule has 29 heavy (non-hydrogen) atoms. The highest BCUT2D eigenvalue weighted by atomic mass is 35.5. The number of para-hydroxylation sites is 1. The van der Waals surface area contributed by atoms with E-state index in [9.17, 15) is 0 Å². The van der Waals surface area contributed by atoms with Gasteiger partial charge in [-0.25, -0.2) is 0 Å². The molecular formula is C24H26ClN3O. The summed E-state index contributed by atoms with van der Waals surface area (Å²) in [5.41, 5.74) is 8.38. The minimum absolute atomic E-state index is 0.513. The van der Waals surface area contributed by atoms with Gasteiger partial charge >= 0.3 is 0 Å². The summed E-state index contributed by atoms with van der Waals surface area (Å²) < 4.78 is 5.40. The lowest BCUT2D eigenvalue weighted by Gasteiger charge is -2.25. The van der Waals surface area contributed by atoms with Gasteiger partial charge in [0.05, 0.1) is 12.3 Å². The standard InChI is InChI=1S/C24H26ClN3O/c1-3-28(18-29-2)23-12-8-7-11-22(23)24(20-13-15-21(25)16-14-20)27-26-17-19-9-5-4-6-10-19/h4-16,26H,3,17-18H2,1-2H3/b27-24-. The first-order valence-electron chi connectivity index (χ1n) is 9.66. The normalized spacial score (nSPS) is 11.3. The van der Waals surface area contributed by atoms with Crippen LogP contribution in [0.5, 0.6) is 0 Å². The molecule has 3 aromatic rings. The van der Waals surface area contributed by atoms with Gasteiger partial charge in [-0.1, -0.05) is 72.3 Å². The van der Waals surface area contributed by atoms with Crippen molar-refractivity contribution < 1.29 is 4.74 Å². The Morgan fingerprint density at radius 2 is 1.66 bits per heavy atom. The molecule has 5 heteroatoms. The number of rotatable bonds is 9. The number of hydrazone groups is 1. The number of nitrogens with zero attached hydrogens (tertiary/aromatic N) is 2. The van der Waals surface area contributed by atoms with E-state index in [0.29, 0.717) is 18.3 Å². The Labute approximate surface area is 177 Å². The van der Waals surface area contributed by atoms with Crippen molar-refractivity contribution in [2.45, 2.75) is 13.5 Å². The Bertz CT molecular complexity index is 926. The molecule has 0 atom stereocenters. The number of anilines is 1. The molecule has 150 valence electrons. The minimum atomic E-state index is 0.513. The number of hydrogen-bond donors (Lipinski definition) is 1. The zero-order valence-corrected chi connectivity index (χ0v) is 17.6. The summed E-state index contributed by atoms with van der Waals surface area (Å²) in [6.07, 6.45) is 0. The molecule has 0 spiro atoms. The van der Waals surface area contributed by atoms with Gasteiger partial charge in [0.1, 0.15) is 6.73 Å². The molecule has 4 nitrogen and oxygen atoms in total. The fraction of sp³-hybridized carbons (Fsp3) is 0.208. The van der Waals surface area contributed by atoms with E-state index in [-0.39, 0.29) is 0 Å². The summed E-state index contributed by atoms with van der Waals surface area (Å²) in [5, 5.41) is 5.48. The van der Waals surface area contributed by atoms with Gasteiger partial charge in [0.15, 0.2) is 0 Å². The molecule has 0 unspecified atom stereocenters. The molecule has 0 bridgehead atoms. The van der Waals surface area contributed by atoms with Crippen molar-refractivity contribution in [3.05, 3.63) is 101 Å². The van der Waals surface area contributed by atoms with Crippen LogP contribution in [-0.2, 0) is 11.3 Å². The van der Waals surface area contributed by atoms with E-state index >= 15 is 0 Å². The second-order valence-electron chi connectivity index (χ2n) is 6.58. The highest BCUT2D eigenvalue weighted by molar-refractivity contribution is 6.30. The molecule has 0 aliphatic carbocycles. The van der Waals surface area contributed by atoms with E-state index in [4.69, 9.17) is 21.4 Å². The van der Waals surface area contributed by atoms with Gasteiger partial charge in [0.25, 0.3) is 0 Å². The Hall–Kier alpha value is -2.82. The van der Waals surface area contributed by atoms with Crippen LogP contribution in [0.3, 0.4) is 0 Å². The Morgan fingerprint density at radius 1 is 0.966 bits per heavy atom. The van der Waals surface area contributed by atoms with Crippen LogP contribution in [0.25, 0.3) is 0 Å². The Balaban J connectivity index is 1.99. The average molecular weight is 408 g/mol. The lowest BCUT2D eigenvalue weighted by Crippen LogP contribution is -2.27. The van der Waals surface area contributed by atoms with Gasteiger partial charge in [0, 0.05) is 35.5 Å². The largest absolute Gasteiger partial charge is 0.364 e. The van der Waals surface area contributed by atoms with Crippen LogP contribution in [0.1, 0.15) is 23.6 Å². The average Bonchev–Trinajstić information content (AvgIpc) is 2.77. The molecule has 3 aromatic carbocycles. The summed E-state index contributed by atoms with van der Waals surface area (Å²) >= 11 is 6.11. The summed E-state index contributed by atoms with van der Waals surface area (Å²) in [7, 11) is 1.71. The maximum atomic E-state index is 6.11. The number of hydrogen-bond acceptors (Lipinski definition) is 4. The van der Waals surface area contributed by atoms with Crippen molar-refractivity contribution in [1.29, 1.82) is 0 Å². The second kappa shape index (κ2) is 10.6. The number of ether oxygens (including phenoxy) is 1. The molecule has 0 heterocycles. The van der Waals surface area contributed by atoms with Gasteiger partial charge in [-0.05, 0) is 30.7 Å². The summed E-state index contributed by atoms with van der Waals surface area (Å²) in [4.78, 5) is 2.18. The quantitative estimate of drug-likeness (QED) is 0.296. The summed E-state index contributed by atoms with van der Waals surface area (Å²) in [6.45, 7) is 4.10. The summed E-state index contributed by atoms with van der Waals surface area (Å²) in [6, 6.07) is 26.2. The van der Waals surface area contributed by atoms with Crippen molar-refractivity contribution >= 4 is 23.0 Å². The molecule has 0 fully saturated rings. The van der Waals surface area contributed by atoms with Gasteiger partial charge < -0.3 is 15.1 Å². The monoisotopic (exact) mass is 407 g/mol. The first kappa shape index (κ1) is 20.9. The lowest BCUT2D eigenvalue weighted by atomic mass is 10.00. The van der Waals surface area contributed by atoms with E-state index in [1.807, 2.05) is 54.6 Å². The van der Waals surface area contributed by atoms with Crippen molar-refractivity contribution in [2.24, 2.45) is 5.10 Å². The highest BCUT2D eigenvalue weighted by Crippen LogP contribution is 2.24. The van der Waals surface area contributed by atoms with Crippen LogP contribution < -0.4 is 10.3 Å². The van der Waals surface area contributed by atoms with Crippen molar-refractivity contribution in [3.63, 3.8) is 0 Å². The maximum Gasteiger partial charge on any atom is 0.118 e. The smallest absolute Gasteiger partial charge is 0.118 e. The molecule has 0 radical (unpaired) electrons. The van der Waals surface area contributed by atoms with Crippen LogP contribution in [-0.4, -0.2) is 26.1 Å². The first-order valence-corrected chi connectivity index (χ1v) is 10.0. The third-order valence-electron chi connectivity index (χ3n) is 4.60. The third-order valence-corrected chi connectivity index (χ3v) is 4.85. The summed E-state index contributed by atoms with van der Waals surface area (Å²) in [5.74, 6) is 0. The number of benzene rings is 3. The molecule has 0 aliphatic rings. The zero-order chi connectivity index (χ0) is 20.5. The van der Waals surface area contributed by atoms with Crippen LogP contribution >= 0.6 is 11.6 Å². The van der Waals surface area contributed by atoms with Gasteiger partial charge in [-0.2, -0.15) is 5.10 Å². The second-order valence-corrected chi connectivity index (χ2v) is 7.02. The fourth-order valence-electron chi connectivity index (χ4n) is 3.13. The Morgan fingerprint density at radius 3 is 2.34 bits per heavy atom. The van der Waals surface area contributed by atoms with Crippen molar-refractivity contribution in [1.82, 2.24) is 5.43 Å². The lowest BCUT2D eigenvalue weighted by molar-refractivity contribution is 0.198. The first-order chi connectivity index (χ1) is 14.2. The molecular weight excluding hydrogens is 382 g/mol. The maximum absolute atomic E-state index is 6.11. The van der Waals surface area contributed by atoms with E-state index in [0.717, 1.165) is 29.1 Å². The van der Waals surface area contributed by atoms with Crippen LogP contribution in [0.2, 0.25) is 5.02 Å². The zero-order valence-electron chi connectivity index (χ0n) is 16.8. The van der Waals surface area contributed by atoms with E-state index in [1.165, 1.54) is 5.56 Å². The van der Waals surface area contributed by atoms with E-state index in [2.05, 4.69) is 41.5 Å². The SMILES string of the molecule is CCN(COC)c1ccccc1/C(=N\NCc1ccccc1)c1ccc(Cl)cc1. The number of methoxy groups -OCH3 is 1. The minimum Gasteiger partial charge on any atom is -0.364 e. The molecule has 0 amide bonds. The van der Waals surface area contributed by atoms with Crippen LogP contribution in [0, 0.1) is 0 Å². The molecule has 0 aromatic heterocycles. The van der Waals surface area contributed by atoms with Gasteiger partial charge in [-0.15, -0.1) is 0 Å². The third kappa shape index (κ3) is 5.59. The predicted molar refractivity (Wildman–Crippen MR) is 122 cm³/mol. The Kier molecular flexibility index (Phi) is 7.68. The van der Waals surface area contributed by atoms with Crippen molar-refractivity contribution in [2.75, 3.05) is 25.3 Å². The van der Waals surface area contributed by atoms with Gasteiger partial charge in [0.2, 0.25) is 0 Å². The molecule has 0 saturated carbocycles. The molecule has 1 N–H and O–H groups in total. The molecule has 3 rings (SSSR count). The predicted octanol–water partition coefficient (Wildman–Crippen LogP) is 5.31.